The lowest BCUT2D eigenvalue weighted by molar-refractivity contribution is 0.628. The molecule has 0 spiro atoms. The van der Waals surface area contributed by atoms with Gasteiger partial charge < -0.3 is 10.2 Å². The highest BCUT2D eigenvalue weighted by Gasteiger charge is 2.08. The molecule has 0 aliphatic heterocycles. The molecular formula is C17H16FN3S. The van der Waals surface area contributed by atoms with E-state index in [9.17, 15) is 4.39 Å². The van der Waals surface area contributed by atoms with Crippen molar-refractivity contribution in [2.24, 2.45) is 0 Å². The summed E-state index contributed by atoms with van der Waals surface area (Å²) < 4.78 is 12.9. The topological polar surface area (TPSA) is 28.2 Å². The van der Waals surface area contributed by atoms with Crippen molar-refractivity contribution in [2.75, 3.05) is 17.3 Å². The van der Waals surface area contributed by atoms with E-state index in [1.165, 1.54) is 12.1 Å². The Balaban J connectivity index is 1.65. The van der Waals surface area contributed by atoms with Crippen molar-refractivity contribution in [1.29, 1.82) is 0 Å². The van der Waals surface area contributed by atoms with Crippen molar-refractivity contribution in [1.82, 2.24) is 4.98 Å². The molecule has 2 aromatic carbocycles. The van der Waals surface area contributed by atoms with Gasteiger partial charge in [-0.05, 0) is 36.4 Å². The first-order valence-electron chi connectivity index (χ1n) is 6.95. The Bertz CT molecular complexity index is 725. The minimum atomic E-state index is -0.231. The number of hydrogen-bond acceptors (Lipinski definition) is 4. The van der Waals surface area contributed by atoms with Crippen LogP contribution in [0.4, 0.5) is 20.9 Å². The molecule has 22 heavy (non-hydrogen) atoms. The number of anilines is 3. The van der Waals surface area contributed by atoms with Gasteiger partial charge in [0.25, 0.3) is 0 Å². The van der Waals surface area contributed by atoms with E-state index in [-0.39, 0.29) is 5.82 Å². The van der Waals surface area contributed by atoms with E-state index in [1.54, 1.807) is 23.5 Å². The zero-order valence-electron chi connectivity index (χ0n) is 12.2. The van der Waals surface area contributed by atoms with Gasteiger partial charge in [0, 0.05) is 23.8 Å². The van der Waals surface area contributed by atoms with E-state index < -0.39 is 0 Å². The summed E-state index contributed by atoms with van der Waals surface area (Å²) in [4.78, 5) is 6.69. The molecule has 3 rings (SSSR count). The Morgan fingerprint density at radius 1 is 1.09 bits per heavy atom. The first kappa shape index (κ1) is 14.5. The Morgan fingerprint density at radius 3 is 2.55 bits per heavy atom. The first-order valence-corrected chi connectivity index (χ1v) is 7.83. The van der Waals surface area contributed by atoms with Gasteiger partial charge in [-0.3, -0.25) is 0 Å². The number of nitrogens with one attached hydrogen (secondary N) is 1. The third-order valence-corrected chi connectivity index (χ3v) is 4.25. The van der Waals surface area contributed by atoms with Crippen LogP contribution in [0, 0.1) is 5.82 Å². The second-order valence-corrected chi connectivity index (χ2v) is 5.71. The second kappa shape index (κ2) is 6.58. The number of nitrogens with zero attached hydrogens (tertiary/aromatic N) is 2. The normalized spacial score (nSPS) is 10.5. The summed E-state index contributed by atoms with van der Waals surface area (Å²) in [6.07, 6.45) is 0. The molecule has 0 unspecified atom stereocenters. The van der Waals surface area contributed by atoms with Gasteiger partial charge in [0.1, 0.15) is 5.82 Å². The van der Waals surface area contributed by atoms with E-state index in [2.05, 4.69) is 27.3 Å². The fourth-order valence-corrected chi connectivity index (χ4v) is 2.86. The van der Waals surface area contributed by atoms with Crippen molar-refractivity contribution < 1.29 is 4.39 Å². The third-order valence-electron chi connectivity index (χ3n) is 3.29. The summed E-state index contributed by atoms with van der Waals surface area (Å²) in [6, 6.07) is 16.5. The van der Waals surface area contributed by atoms with Crippen LogP contribution in [0.25, 0.3) is 0 Å². The fraction of sp³-hybridized carbons (Fsp3) is 0.118. The predicted octanol–water partition coefficient (Wildman–Crippen LogP) is 4.66. The standard InChI is InChI=1S/C17H16FN3S/c1-21(16-5-3-2-4-6-16)17-20-15(12-22-17)11-19-14-9-7-13(18)8-10-14/h2-10,12,19H,11H2,1H3. The van der Waals surface area contributed by atoms with E-state index in [1.807, 2.05) is 30.6 Å². The maximum absolute atomic E-state index is 12.9. The molecule has 0 aliphatic rings. The van der Waals surface area contributed by atoms with Crippen LogP contribution in [-0.4, -0.2) is 12.0 Å². The molecule has 0 aliphatic carbocycles. The molecule has 1 N–H and O–H groups in total. The molecule has 3 nitrogen and oxygen atoms in total. The quantitative estimate of drug-likeness (QED) is 0.742. The van der Waals surface area contributed by atoms with Crippen LogP contribution in [0.1, 0.15) is 5.69 Å². The van der Waals surface area contributed by atoms with Gasteiger partial charge in [-0.15, -0.1) is 11.3 Å². The summed E-state index contributed by atoms with van der Waals surface area (Å²) in [7, 11) is 2.01. The maximum Gasteiger partial charge on any atom is 0.189 e. The lowest BCUT2D eigenvalue weighted by Crippen LogP contribution is -2.09. The van der Waals surface area contributed by atoms with Crippen LogP contribution in [-0.2, 0) is 6.54 Å². The second-order valence-electron chi connectivity index (χ2n) is 4.88. The highest BCUT2D eigenvalue weighted by atomic mass is 32.1. The minimum Gasteiger partial charge on any atom is -0.379 e. The van der Waals surface area contributed by atoms with E-state index in [0.29, 0.717) is 6.54 Å². The summed E-state index contributed by atoms with van der Waals surface area (Å²) >= 11 is 1.60. The summed E-state index contributed by atoms with van der Waals surface area (Å²) in [5, 5.41) is 6.22. The number of rotatable bonds is 5. The van der Waals surface area contributed by atoms with Crippen molar-refractivity contribution in [2.45, 2.75) is 6.54 Å². The van der Waals surface area contributed by atoms with Gasteiger partial charge >= 0.3 is 0 Å². The number of halogens is 1. The van der Waals surface area contributed by atoms with Gasteiger partial charge in [0.2, 0.25) is 0 Å². The monoisotopic (exact) mass is 313 g/mol. The van der Waals surface area contributed by atoms with Crippen LogP contribution in [0.5, 0.6) is 0 Å². The summed E-state index contributed by atoms with van der Waals surface area (Å²) in [5.74, 6) is -0.231. The summed E-state index contributed by atoms with van der Waals surface area (Å²) in [6.45, 7) is 0.616. The van der Waals surface area contributed by atoms with Gasteiger partial charge in [-0.2, -0.15) is 0 Å². The molecule has 1 heterocycles. The molecule has 0 bridgehead atoms. The molecule has 0 atom stereocenters. The lowest BCUT2D eigenvalue weighted by atomic mass is 10.3. The van der Waals surface area contributed by atoms with E-state index >= 15 is 0 Å². The third kappa shape index (κ3) is 3.43. The molecule has 0 saturated carbocycles. The molecular weight excluding hydrogens is 297 g/mol. The van der Waals surface area contributed by atoms with Gasteiger partial charge in [0.05, 0.1) is 12.2 Å². The molecule has 0 radical (unpaired) electrons. The van der Waals surface area contributed by atoms with Crippen molar-refractivity contribution >= 4 is 27.8 Å². The minimum absolute atomic E-state index is 0.231. The lowest BCUT2D eigenvalue weighted by Gasteiger charge is -2.15. The fourth-order valence-electron chi connectivity index (χ4n) is 2.05. The Morgan fingerprint density at radius 2 is 1.82 bits per heavy atom. The van der Waals surface area contributed by atoms with Crippen LogP contribution in [0.15, 0.2) is 60.0 Å². The predicted molar refractivity (Wildman–Crippen MR) is 90.3 cm³/mol. The number of thiazole rings is 1. The SMILES string of the molecule is CN(c1ccccc1)c1nc(CNc2ccc(F)cc2)cs1. The number of para-hydroxylation sites is 1. The molecule has 3 aromatic rings. The van der Waals surface area contributed by atoms with Crippen LogP contribution < -0.4 is 10.2 Å². The van der Waals surface area contributed by atoms with Crippen molar-refractivity contribution in [3.8, 4) is 0 Å². The Kier molecular flexibility index (Phi) is 4.34. The van der Waals surface area contributed by atoms with Crippen molar-refractivity contribution in [3.05, 3.63) is 71.5 Å². The molecule has 0 amide bonds. The summed E-state index contributed by atoms with van der Waals surface area (Å²) in [5.41, 5.74) is 2.95. The van der Waals surface area contributed by atoms with Crippen LogP contribution >= 0.6 is 11.3 Å². The Hall–Kier alpha value is -2.40. The zero-order chi connectivity index (χ0) is 15.4. The highest BCUT2D eigenvalue weighted by molar-refractivity contribution is 7.13. The Labute approximate surface area is 133 Å². The molecule has 5 heteroatoms. The average molecular weight is 313 g/mol. The highest BCUT2D eigenvalue weighted by Crippen LogP contribution is 2.26. The van der Waals surface area contributed by atoms with Crippen LogP contribution in [0.2, 0.25) is 0 Å². The smallest absolute Gasteiger partial charge is 0.189 e. The number of benzene rings is 2. The average Bonchev–Trinajstić information content (AvgIpc) is 3.03. The van der Waals surface area contributed by atoms with E-state index in [0.717, 1.165) is 22.2 Å². The van der Waals surface area contributed by atoms with Gasteiger partial charge in [0.15, 0.2) is 5.13 Å². The van der Waals surface area contributed by atoms with Crippen LogP contribution in [0.3, 0.4) is 0 Å². The number of aromatic nitrogens is 1. The number of hydrogen-bond donors (Lipinski definition) is 1. The van der Waals surface area contributed by atoms with Crippen molar-refractivity contribution in [3.63, 3.8) is 0 Å². The largest absolute Gasteiger partial charge is 0.379 e. The molecule has 1 aromatic heterocycles. The first-order chi connectivity index (χ1) is 10.7. The molecule has 0 fully saturated rings. The van der Waals surface area contributed by atoms with Gasteiger partial charge in [-0.25, -0.2) is 9.37 Å². The molecule has 112 valence electrons. The zero-order valence-corrected chi connectivity index (χ0v) is 13.0. The molecule has 0 saturated heterocycles. The van der Waals surface area contributed by atoms with E-state index in [4.69, 9.17) is 0 Å². The van der Waals surface area contributed by atoms with Gasteiger partial charge in [-0.1, -0.05) is 18.2 Å². The maximum atomic E-state index is 12.9.